The summed E-state index contributed by atoms with van der Waals surface area (Å²) in [5.41, 5.74) is 1.78. The first-order valence-corrected chi connectivity index (χ1v) is 8.36. The molecule has 0 saturated carbocycles. The van der Waals surface area contributed by atoms with Gasteiger partial charge < -0.3 is 15.0 Å². The van der Waals surface area contributed by atoms with E-state index in [9.17, 15) is 14.4 Å². The maximum absolute atomic E-state index is 12.3. The van der Waals surface area contributed by atoms with Crippen molar-refractivity contribution < 1.29 is 19.1 Å². The smallest absolute Gasteiger partial charge is 0.338 e. The molecule has 0 saturated heterocycles. The van der Waals surface area contributed by atoms with Gasteiger partial charge in [0.25, 0.3) is 5.91 Å². The molecule has 26 heavy (non-hydrogen) atoms. The highest BCUT2D eigenvalue weighted by Gasteiger charge is 2.16. The average Bonchev–Trinajstić information content (AvgIpc) is 2.64. The molecule has 1 N–H and O–H groups in total. The van der Waals surface area contributed by atoms with Crippen LogP contribution in [0.15, 0.2) is 54.6 Å². The van der Waals surface area contributed by atoms with Crippen molar-refractivity contribution in [1.82, 2.24) is 4.90 Å². The van der Waals surface area contributed by atoms with Gasteiger partial charge in [0.15, 0.2) is 6.61 Å². The summed E-state index contributed by atoms with van der Waals surface area (Å²) in [7, 11) is 0. The molecule has 2 amide bonds. The molecular formula is C20H22N2O4. The second-order valence-corrected chi connectivity index (χ2v) is 5.73. The van der Waals surface area contributed by atoms with Crippen LogP contribution in [0, 0.1) is 0 Å². The highest BCUT2D eigenvalue weighted by molar-refractivity contribution is 5.94. The van der Waals surface area contributed by atoms with E-state index in [1.54, 1.807) is 23.1 Å². The molecule has 0 aliphatic heterocycles. The molecular weight excluding hydrogens is 332 g/mol. The monoisotopic (exact) mass is 354 g/mol. The Hall–Kier alpha value is -3.15. The Balaban J connectivity index is 1.93. The third-order valence-electron chi connectivity index (χ3n) is 3.70. The van der Waals surface area contributed by atoms with E-state index in [1.165, 1.54) is 13.0 Å². The lowest BCUT2D eigenvalue weighted by atomic mass is 10.2. The number of nitrogens with one attached hydrogen (secondary N) is 1. The van der Waals surface area contributed by atoms with Crippen molar-refractivity contribution in [1.29, 1.82) is 0 Å². The van der Waals surface area contributed by atoms with Gasteiger partial charge in [-0.1, -0.05) is 36.4 Å². The molecule has 0 aliphatic carbocycles. The minimum absolute atomic E-state index is 0.231. The number of hydrogen-bond acceptors (Lipinski definition) is 4. The van der Waals surface area contributed by atoms with E-state index in [-0.39, 0.29) is 24.0 Å². The quantitative estimate of drug-likeness (QED) is 0.776. The number of amides is 2. The lowest BCUT2D eigenvalue weighted by Gasteiger charge is -2.20. The lowest BCUT2D eigenvalue weighted by molar-refractivity contribution is -0.135. The fraction of sp³-hybridized carbons (Fsp3) is 0.250. The van der Waals surface area contributed by atoms with Crippen LogP contribution in [-0.4, -0.2) is 35.8 Å². The molecule has 2 rings (SSSR count). The first-order chi connectivity index (χ1) is 12.5. The molecule has 0 spiro atoms. The van der Waals surface area contributed by atoms with E-state index in [2.05, 4.69) is 5.32 Å². The Morgan fingerprint density at radius 1 is 1.04 bits per heavy atom. The molecule has 0 atom stereocenters. The largest absolute Gasteiger partial charge is 0.452 e. The van der Waals surface area contributed by atoms with Crippen molar-refractivity contribution >= 4 is 23.5 Å². The summed E-state index contributed by atoms with van der Waals surface area (Å²) in [6.07, 6.45) is 0. The number of rotatable bonds is 7. The number of hydrogen-bond donors (Lipinski definition) is 1. The number of likely N-dealkylation sites (N-methyl/N-ethyl adjacent to an activating group) is 1. The van der Waals surface area contributed by atoms with Gasteiger partial charge in [-0.3, -0.25) is 9.59 Å². The molecule has 6 heteroatoms. The zero-order chi connectivity index (χ0) is 18.9. The summed E-state index contributed by atoms with van der Waals surface area (Å²) in [5.74, 6) is -1.10. The summed E-state index contributed by atoms with van der Waals surface area (Å²) in [6.45, 7) is 3.91. The Labute approximate surface area is 152 Å². The molecule has 2 aromatic carbocycles. The summed E-state index contributed by atoms with van der Waals surface area (Å²) in [6, 6.07) is 16.0. The van der Waals surface area contributed by atoms with Crippen molar-refractivity contribution in [2.75, 3.05) is 18.5 Å². The second kappa shape index (κ2) is 9.36. The third-order valence-corrected chi connectivity index (χ3v) is 3.70. The number of ether oxygens (including phenoxy) is 1. The van der Waals surface area contributed by atoms with E-state index in [1.807, 2.05) is 37.3 Å². The number of nitrogens with zero attached hydrogens (tertiary/aromatic N) is 1. The van der Waals surface area contributed by atoms with Gasteiger partial charge in [-0.2, -0.15) is 0 Å². The van der Waals surface area contributed by atoms with Crippen LogP contribution in [0.4, 0.5) is 5.69 Å². The SMILES string of the molecule is CCN(Cc1ccccc1)C(=O)COC(=O)c1cccc(NC(C)=O)c1. The molecule has 2 aromatic rings. The first-order valence-electron chi connectivity index (χ1n) is 8.36. The standard InChI is InChI=1S/C20H22N2O4/c1-3-22(13-16-8-5-4-6-9-16)19(24)14-26-20(25)17-10-7-11-18(12-17)21-15(2)23/h4-12H,3,13-14H2,1-2H3,(H,21,23). The topological polar surface area (TPSA) is 75.7 Å². The van der Waals surface area contributed by atoms with Gasteiger partial charge in [0.05, 0.1) is 5.56 Å². The van der Waals surface area contributed by atoms with Gasteiger partial charge in [-0.05, 0) is 30.7 Å². The van der Waals surface area contributed by atoms with Crippen molar-refractivity contribution in [3.05, 3.63) is 65.7 Å². The Kier molecular flexibility index (Phi) is 6.91. The normalized spacial score (nSPS) is 10.1. The van der Waals surface area contributed by atoms with E-state index < -0.39 is 5.97 Å². The van der Waals surface area contributed by atoms with Crippen molar-refractivity contribution in [3.63, 3.8) is 0 Å². The molecule has 0 aliphatic rings. The number of anilines is 1. The number of esters is 1. The van der Waals surface area contributed by atoms with Crippen LogP contribution < -0.4 is 5.32 Å². The maximum Gasteiger partial charge on any atom is 0.338 e. The fourth-order valence-electron chi connectivity index (χ4n) is 2.41. The molecule has 0 aromatic heterocycles. The van der Waals surface area contributed by atoms with Crippen LogP contribution in [0.25, 0.3) is 0 Å². The number of carbonyl (C=O) groups excluding carboxylic acids is 3. The van der Waals surface area contributed by atoms with Crippen LogP contribution in [-0.2, 0) is 20.9 Å². The Morgan fingerprint density at radius 3 is 2.42 bits per heavy atom. The van der Waals surface area contributed by atoms with Gasteiger partial charge in [-0.15, -0.1) is 0 Å². The highest BCUT2D eigenvalue weighted by atomic mass is 16.5. The minimum Gasteiger partial charge on any atom is -0.452 e. The maximum atomic E-state index is 12.3. The predicted octanol–water partition coefficient (Wildman–Crippen LogP) is 2.85. The van der Waals surface area contributed by atoms with Crippen molar-refractivity contribution in [2.24, 2.45) is 0 Å². The second-order valence-electron chi connectivity index (χ2n) is 5.73. The van der Waals surface area contributed by atoms with Crippen LogP contribution >= 0.6 is 0 Å². The fourth-order valence-corrected chi connectivity index (χ4v) is 2.41. The van der Waals surface area contributed by atoms with Crippen LogP contribution in [0.2, 0.25) is 0 Å². The van der Waals surface area contributed by atoms with Crippen LogP contribution in [0.5, 0.6) is 0 Å². The molecule has 0 radical (unpaired) electrons. The molecule has 136 valence electrons. The summed E-state index contributed by atoms with van der Waals surface area (Å²) < 4.78 is 5.13. The Morgan fingerprint density at radius 2 is 1.77 bits per heavy atom. The first kappa shape index (κ1) is 19.2. The number of benzene rings is 2. The zero-order valence-corrected chi connectivity index (χ0v) is 14.9. The van der Waals surface area contributed by atoms with Crippen molar-refractivity contribution in [3.8, 4) is 0 Å². The summed E-state index contributed by atoms with van der Waals surface area (Å²) in [4.78, 5) is 37.2. The minimum atomic E-state index is -0.610. The average molecular weight is 354 g/mol. The van der Waals surface area contributed by atoms with Gasteiger partial charge in [-0.25, -0.2) is 4.79 Å². The van der Waals surface area contributed by atoms with E-state index in [0.717, 1.165) is 5.56 Å². The predicted molar refractivity (Wildman–Crippen MR) is 98.6 cm³/mol. The highest BCUT2D eigenvalue weighted by Crippen LogP contribution is 2.12. The van der Waals surface area contributed by atoms with E-state index >= 15 is 0 Å². The molecule has 6 nitrogen and oxygen atoms in total. The summed E-state index contributed by atoms with van der Waals surface area (Å²) >= 11 is 0. The van der Waals surface area contributed by atoms with Gasteiger partial charge in [0.2, 0.25) is 5.91 Å². The van der Waals surface area contributed by atoms with Crippen LogP contribution in [0.1, 0.15) is 29.8 Å². The molecule has 0 fully saturated rings. The number of carbonyl (C=O) groups is 3. The summed E-state index contributed by atoms with van der Waals surface area (Å²) in [5, 5.41) is 2.60. The molecule has 0 heterocycles. The molecule has 0 unspecified atom stereocenters. The lowest BCUT2D eigenvalue weighted by Crippen LogP contribution is -2.34. The zero-order valence-electron chi connectivity index (χ0n) is 14.9. The van der Waals surface area contributed by atoms with Gasteiger partial charge in [0, 0.05) is 25.7 Å². The van der Waals surface area contributed by atoms with Crippen LogP contribution in [0.3, 0.4) is 0 Å². The third kappa shape index (κ3) is 5.73. The van der Waals surface area contributed by atoms with E-state index in [4.69, 9.17) is 4.74 Å². The van der Waals surface area contributed by atoms with Crippen molar-refractivity contribution in [2.45, 2.75) is 20.4 Å². The van der Waals surface area contributed by atoms with Gasteiger partial charge >= 0.3 is 5.97 Å². The van der Waals surface area contributed by atoms with E-state index in [0.29, 0.717) is 18.8 Å². The molecule has 0 bridgehead atoms. The Bertz CT molecular complexity index is 774. The van der Waals surface area contributed by atoms with Gasteiger partial charge in [0.1, 0.15) is 0 Å².